The van der Waals surface area contributed by atoms with Gasteiger partial charge in [0.2, 0.25) is 0 Å². The van der Waals surface area contributed by atoms with Crippen molar-refractivity contribution in [3.05, 3.63) is 63.6 Å². The number of pyridine rings is 1. The lowest BCUT2D eigenvalue weighted by atomic mass is 10.1. The number of carbonyl (C=O) groups excluding carboxylic acids is 1. The van der Waals surface area contributed by atoms with Crippen molar-refractivity contribution < 1.29 is 4.79 Å². The molecule has 0 aliphatic carbocycles. The lowest BCUT2D eigenvalue weighted by Gasteiger charge is -2.24. The predicted octanol–water partition coefficient (Wildman–Crippen LogP) is 4.24. The monoisotopic (exact) mass is 366 g/mol. The molecule has 3 rings (SSSR count). The van der Waals surface area contributed by atoms with Gasteiger partial charge in [-0.05, 0) is 45.0 Å². The maximum Gasteiger partial charge on any atom is 0.254 e. The Morgan fingerprint density at radius 1 is 1.15 bits per heavy atom. The van der Waals surface area contributed by atoms with E-state index in [4.69, 9.17) is 5.73 Å². The second-order valence-corrected chi connectivity index (χ2v) is 7.70. The van der Waals surface area contributed by atoms with Gasteiger partial charge in [0.05, 0.1) is 22.4 Å². The molecule has 0 bridgehead atoms. The molecular weight excluding hydrogens is 344 g/mol. The first-order valence-electron chi connectivity index (χ1n) is 8.41. The summed E-state index contributed by atoms with van der Waals surface area (Å²) in [5, 5.41) is 1.01. The number of nitrogen functional groups attached to an aromatic ring is 1. The lowest BCUT2D eigenvalue weighted by Crippen LogP contribution is -2.30. The molecule has 0 fully saturated rings. The van der Waals surface area contributed by atoms with Crippen LogP contribution in [0.15, 0.2) is 42.5 Å². The number of carbonyl (C=O) groups is 1. The third-order valence-electron chi connectivity index (χ3n) is 4.41. The van der Waals surface area contributed by atoms with Crippen molar-refractivity contribution in [3.8, 4) is 11.3 Å². The average Bonchev–Trinajstić information content (AvgIpc) is 2.98. The molecule has 1 atom stereocenters. The Balaban J connectivity index is 1.88. The number of nitrogens with two attached hydrogens (primary N) is 1. The highest BCUT2D eigenvalue weighted by atomic mass is 32.1. The molecule has 5 nitrogen and oxygen atoms in total. The SMILES string of the molecule is Cc1nc([C@H](C)N(C)C(=O)c2cccc(-c3cccc(N)n3)c2)c(C)s1. The quantitative estimate of drug-likeness (QED) is 0.750. The molecule has 1 aromatic carbocycles. The Labute approximate surface area is 157 Å². The minimum absolute atomic E-state index is 0.0479. The molecule has 26 heavy (non-hydrogen) atoms. The van der Waals surface area contributed by atoms with E-state index in [1.54, 1.807) is 22.3 Å². The Hall–Kier alpha value is -2.73. The molecule has 0 aliphatic heterocycles. The first-order chi connectivity index (χ1) is 12.4. The minimum Gasteiger partial charge on any atom is -0.384 e. The molecule has 0 spiro atoms. The summed E-state index contributed by atoms with van der Waals surface area (Å²) in [4.78, 5) is 24.8. The first-order valence-corrected chi connectivity index (χ1v) is 9.22. The Morgan fingerprint density at radius 3 is 2.54 bits per heavy atom. The van der Waals surface area contributed by atoms with Crippen LogP contribution in [-0.4, -0.2) is 27.8 Å². The van der Waals surface area contributed by atoms with Crippen molar-refractivity contribution in [2.75, 3.05) is 12.8 Å². The van der Waals surface area contributed by atoms with Crippen LogP contribution < -0.4 is 5.73 Å². The lowest BCUT2D eigenvalue weighted by molar-refractivity contribution is 0.0740. The van der Waals surface area contributed by atoms with Crippen molar-refractivity contribution in [1.29, 1.82) is 0 Å². The van der Waals surface area contributed by atoms with Gasteiger partial charge in [-0.2, -0.15) is 0 Å². The van der Waals surface area contributed by atoms with Gasteiger partial charge in [-0.3, -0.25) is 4.79 Å². The molecule has 2 heterocycles. The van der Waals surface area contributed by atoms with Crippen molar-refractivity contribution in [2.24, 2.45) is 0 Å². The van der Waals surface area contributed by atoms with Gasteiger partial charge in [0.15, 0.2) is 0 Å². The normalized spacial score (nSPS) is 12.0. The Kier molecular flexibility index (Phi) is 5.04. The number of benzene rings is 1. The fourth-order valence-electron chi connectivity index (χ4n) is 2.92. The zero-order valence-electron chi connectivity index (χ0n) is 15.4. The first kappa shape index (κ1) is 18.1. The Bertz CT molecular complexity index is 950. The van der Waals surface area contributed by atoms with Crippen LogP contribution in [0.2, 0.25) is 0 Å². The topological polar surface area (TPSA) is 72.1 Å². The highest BCUT2D eigenvalue weighted by Crippen LogP contribution is 2.27. The number of hydrogen-bond acceptors (Lipinski definition) is 5. The highest BCUT2D eigenvalue weighted by molar-refractivity contribution is 7.11. The number of thiazole rings is 1. The zero-order chi connectivity index (χ0) is 18.8. The van der Waals surface area contributed by atoms with Crippen LogP contribution in [-0.2, 0) is 0 Å². The van der Waals surface area contributed by atoms with Gasteiger partial charge in [0.25, 0.3) is 5.91 Å². The fourth-order valence-corrected chi connectivity index (χ4v) is 3.83. The molecule has 2 N–H and O–H groups in total. The number of anilines is 1. The van der Waals surface area contributed by atoms with Gasteiger partial charge >= 0.3 is 0 Å². The van der Waals surface area contributed by atoms with Crippen LogP contribution in [0.4, 0.5) is 5.82 Å². The van der Waals surface area contributed by atoms with E-state index in [1.165, 1.54) is 0 Å². The average molecular weight is 366 g/mol. The maximum atomic E-state index is 13.0. The number of nitrogens with zero attached hydrogens (tertiary/aromatic N) is 3. The van der Waals surface area contributed by atoms with Crippen LogP contribution >= 0.6 is 11.3 Å². The van der Waals surface area contributed by atoms with E-state index in [-0.39, 0.29) is 11.9 Å². The standard InChI is InChI=1S/C20H22N4OS/c1-12(19-13(2)26-14(3)22-19)24(4)20(25)16-8-5-7-15(11-16)17-9-6-10-18(21)23-17/h5-12H,1-4H3,(H2,21,23)/t12-/m0/s1. The van der Waals surface area contributed by atoms with Gasteiger partial charge in [-0.1, -0.05) is 18.2 Å². The van der Waals surface area contributed by atoms with Gasteiger partial charge in [-0.15, -0.1) is 11.3 Å². The molecule has 6 heteroatoms. The molecule has 134 valence electrons. The van der Waals surface area contributed by atoms with Crippen molar-refractivity contribution in [1.82, 2.24) is 14.9 Å². The van der Waals surface area contributed by atoms with Crippen LogP contribution in [0.5, 0.6) is 0 Å². The van der Waals surface area contributed by atoms with Gasteiger partial charge in [0, 0.05) is 23.1 Å². The van der Waals surface area contributed by atoms with Crippen molar-refractivity contribution >= 4 is 23.1 Å². The smallest absolute Gasteiger partial charge is 0.254 e. The molecule has 0 saturated carbocycles. The van der Waals surface area contributed by atoms with E-state index in [9.17, 15) is 4.79 Å². The summed E-state index contributed by atoms with van der Waals surface area (Å²) in [6.45, 7) is 6.03. The molecule has 1 amide bonds. The number of aryl methyl sites for hydroxylation is 2. The summed E-state index contributed by atoms with van der Waals surface area (Å²) in [6.07, 6.45) is 0. The van der Waals surface area contributed by atoms with Crippen molar-refractivity contribution in [3.63, 3.8) is 0 Å². The maximum absolute atomic E-state index is 13.0. The number of amides is 1. The Morgan fingerprint density at radius 2 is 1.88 bits per heavy atom. The number of aromatic nitrogens is 2. The van der Waals surface area contributed by atoms with E-state index < -0.39 is 0 Å². The van der Waals surface area contributed by atoms with Crippen LogP contribution in [0.1, 0.15) is 38.9 Å². The molecule has 0 aliphatic rings. The summed E-state index contributed by atoms with van der Waals surface area (Å²) < 4.78 is 0. The van der Waals surface area contributed by atoms with Crippen LogP contribution in [0.25, 0.3) is 11.3 Å². The minimum atomic E-state index is -0.0957. The largest absolute Gasteiger partial charge is 0.384 e. The number of rotatable bonds is 4. The van der Waals surface area contributed by atoms with E-state index in [2.05, 4.69) is 9.97 Å². The van der Waals surface area contributed by atoms with Gasteiger partial charge < -0.3 is 10.6 Å². The second-order valence-electron chi connectivity index (χ2n) is 6.29. The van der Waals surface area contributed by atoms with Crippen LogP contribution in [0.3, 0.4) is 0 Å². The summed E-state index contributed by atoms with van der Waals surface area (Å²) >= 11 is 1.65. The summed E-state index contributed by atoms with van der Waals surface area (Å²) in [6, 6.07) is 12.8. The fraction of sp³-hybridized carbons (Fsp3) is 0.250. The third kappa shape index (κ3) is 3.60. The highest BCUT2D eigenvalue weighted by Gasteiger charge is 2.23. The van der Waals surface area contributed by atoms with E-state index in [1.807, 2.05) is 64.2 Å². The summed E-state index contributed by atoms with van der Waals surface area (Å²) in [7, 11) is 1.81. The van der Waals surface area contributed by atoms with Crippen LogP contribution in [0, 0.1) is 13.8 Å². The molecule has 3 aromatic rings. The molecule has 2 aromatic heterocycles. The zero-order valence-corrected chi connectivity index (χ0v) is 16.2. The van der Waals surface area contributed by atoms with Gasteiger partial charge in [-0.25, -0.2) is 9.97 Å². The molecule has 0 radical (unpaired) electrons. The summed E-state index contributed by atoms with van der Waals surface area (Å²) in [5.41, 5.74) is 8.96. The van der Waals surface area contributed by atoms with Gasteiger partial charge in [0.1, 0.15) is 5.82 Å². The van der Waals surface area contributed by atoms with E-state index in [0.29, 0.717) is 11.4 Å². The predicted molar refractivity (Wildman–Crippen MR) is 106 cm³/mol. The summed E-state index contributed by atoms with van der Waals surface area (Å²) in [5.74, 6) is 0.410. The molecule has 0 saturated heterocycles. The third-order valence-corrected chi connectivity index (χ3v) is 5.31. The van der Waals surface area contributed by atoms with E-state index in [0.717, 1.165) is 26.8 Å². The van der Waals surface area contributed by atoms with Crippen molar-refractivity contribution in [2.45, 2.75) is 26.8 Å². The van der Waals surface area contributed by atoms with E-state index >= 15 is 0 Å². The molecule has 0 unspecified atom stereocenters. The number of hydrogen-bond donors (Lipinski definition) is 1. The second kappa shape index (κ2) is 7.25. The molecular formula is C20H22N4OS.